The van der Waals surface area contributed by atoms with Crippen molar-refractivity contribution < 1.29 is 38.6 Å². The van der Waals surface area contributed by atoms with Gasteiger partial charge in [0, 0.05) is 26.2 Å². The molecule has 2 aliphatic carbocycles. The molecule has 2 N–H and O–H groups in total. The fourth-order valence-electron chi connectivity index (χ4n) is 12.3. The van der Waals surface area contributed by atoms with E-state index in [1.54, 1.807) is 23.5 Å². The Morgan fingerprint density at radius 1 is 0.352 bits per heavy atom. The zero-order valence-electron chi connectivity index (χ0n) is 50.2. The number of aliphatic hydroxyl groups is 2. The molecule has 4 aliphatic rings. The van der Waals surface area contributed by atoms with E-state index in [4.69, 9.17) is 28.4 Å². The molecule has 4 unspecified atom stereocenters. The minimum Gasteiger partial charge on any atom is -0.491 e. The highest BCUT2D eigenvalue weighted by atomic mass is 32.2. The van der Waals surface area contributed by atoms with Gasteiger partial charge in [-0.25, -0.2) is 0 Å². The molecule has 2 fully saturated rings. The van der Waals surface area contributed by atoms with E-state index in [2.05, 4.69) is 182 Å². The van der Waals surface area contributed by atoms with Gasteiger partial charge in [-0.05, 0) is 152 Å². The van der Waals surface area contributed by atoms with Gasteiger partial charge in [-0.15, -0.1) is 36.2 Å². The summed E-state index contributed by atoms with van der Waals surface area (Å²) >= 11 is 7.33. The van der Waals surface area contributed by atoms with Gasteiger partial charge in [-0.1, -0.05) is 200 Å². The SMILES string of the molecule is OC(COc1ccc(C2(c3ccc(OCC(O)CSc4ccccc4)cc3)c3ccccc3-c3ccccc32)cc1)CSc1ccccc1.Sc1ccccc1.c1ccc2c(c1)-c1ccccc1C2(c1ccc(OCC2CO2)cc1)c1ccc(OCC2CO2)cc1. The molecule has 0 spiro atoms. The number of hydrogen-bond acceptors (Lipinski definition) is 11. The van der Waals surface area contributed by atoms with Crippen LogP contribution in [-0.2, 0) is 20.3 Å². The number of hydrogen-bond donors (Lipinski definition) is 3. The van der Waals surface area contributed by atoms with Crippen LogP contribution in [-0.4, -0.2) is 85.8 Å². The second-order valence-electron chi connectivity index (χ2n) is 22.8. The topological polar surface area (TPSA) is 102 Å². The number of ether oxygens (including phenoxy) is 6. The Kier molecular flexibility index (Phi) is 19.4. The minimum atomic E-state index is -0.589. The summed E-state index contributed by atoms with van der Waals surface area (Å²) in [5.41, 5.74) is 13.7. The van der Waals surface area contributed by atoms with E-state index < -0.39 is 23.0 Å². The van der Waals surface area contributed by atoms with E-state index in [1.807, 2.05) is 115 Å². The van der Waals surface area contributed by atoms with Crippen molar-refractivity contribution >= 4 is 36.2 Å². The molecule has 11 aromatic rings. The van der Waals surface area contributed by atoms with Crippen LogP contribution in [0.2, 0.25) is 0 Å². The number of benzene rings is 11. The Morgan fingerprint density at radius 3 is 0.890 bits per heavy atom. The average Bonchev–Trinajstić information content (AvgIpc) is 1.58. The summed E-state index contributed by atoms with van der Waals surface area (Å²) in [6.45, 7) is 3.23. The first kappa shape index (κ1) is 61.4. The third kappa shape index (κ3) is 14.0. The van der Waals surface area contributed by atoms with Crippen molar-refractivity contribution in [3.8, 4) is 45.3 Å². The van der Waals surface area contributed by atoms with Crippen LogP contribution in [0.5, 0.6) is 23.0 Å². The summed E-state index contributed by atoms with van der Waals surface area (Å²) in [7, 11) is 0. The number of epoxide rings is 2. The summed E-state index contributed by atoms with van der Waals surface area (Å²) in [5.74, 6) is 4.29. The molecule has 15 rings (SSSR count). The van der Waals surface area contributed by atoms with Crippen LogP contribution in [0, 0.1) is 0 Å². The molecule has 0 amide bonds. The van der Waals surface area contributed by atoms with Crippen molar-refractivity contribution in [2.75, 3.05) is 51.1 Å². The fraction of sp³-hybridized carbons (Fsp3) is 0.175. The van der Waals surface area contributed by atoms with E-state index in [9.17, 15) is 10.2 Å². The quantitative estimate of drug-likeness (QED) is 0.0345. The van der Waals surface area contributed by atoms with Crippen LogP contribution >= 0.6 is 36.2 Å². The lowest BCUT2D eigenvalue weighted by Crippen LogP contribution is -2.28. The molecule has 0 radical (unpaired) electrons. The monoisotopic (exact) mass is 1250 g/mol. The van der Waals surface area contributed by atoms with Crippen molar-refractivity contribution in [2.24, 2.45) is 0 Å². The van der Waals surface area contributed by atoms with Crippen molar-refractivity contribution in [3.05, 3.63) is 330 Å². The number of rotatable bonds is 22. The lowest BCUT2D eigenvalue weighted by atomic mass is 9.68. The smallest absolute Gasteiger partial charge is 0.119 e. The van der Waals surface area contributed by atoms with Gasteiger partial charge in [0.25, 0.3) is 0 Å². The Bertz CT molecular complexity index is 3880. The number of aliphatic hydroxyl groups excluding tert-OH is 2. The average molecular weight is 1260 g/mol. The molecular formula is C80H70O8S3. The van der Waals surface area contributed by atoms with Gasteiger partial charge in [0.2, 0.25) is 0 Å². The third-order valence-corrected chi connectivity index (χ3v) is 19.4. The van der Waals surface area contributed by atoms with E-state index in [-0.39, 0.29) is 25.4 Å². The lowest BCUT2D eigenvalue weighted by Gasteiger charge is -2.34. The summed E-state index contributed by atoms with van der Waals surface area (Å²) in [6, 6.07) is 98.5. The van der Waals surface area contributed by atoms with Gasteiger partial charge in [-0.2, -0.15) is 0 Å². The number of thiol groups is 1. The molecule has 4 atom stereocenters. The second-order valence-corrected chi connectivity index (χ2v) is 25.5. The van der Waals surface area contributed by atoms with Crippen LogP contribution in [0.1, 0.15) is 44.5 Å². The Hall–Kier alpha value is -8.49. The van der Waals surface area contributed by atoms with Crippen LogP contribution < -0.4 is 18.9 Å². The second kappa shape index (κ2) is 28.8. The van der Waals surface area contributed by atoms with E-state index in [0.717, 1.165) is 62.0 Å². The summed E-state index contributed by atoms with van der Waals surface area (Å²) < 4.78 is 34.6. The van der Waals surface area contributed by atoms with E-state index in [0.29, 0.717) is 24.7 Å². The summed E-state index contributed by atoms with van der Waals surface area (Å²) in [5, 5.41) is 21.2. The Morgan fingerprint density at radius 2 is 0.615 bits per heavy atom. The zero-order valence-corrected chi connectivity index (χ0v) is 52.7. The molecule has 2 aliphatic heterocycles. The maximum atomic E-state index is 10.6. The summed E-state index contributed by atoms with van der Waals surface area (Å²) in [4.78, 5) is 3.27. The molecule has 0 saturated carbocycles. The highest BCUT2D eigenvalue weighted by molar-refractivity contribution is 7.99. The van der Waals surface area contributed by atoms with Gasteiger partial charge in [0.05, 0.1) is 36.3 Å². The van der Waals surface area contributed by atoms with Crippen LogP contribution in [0.3, 0.4) is 0 Å². The minimum absolute atomic E-state index is 0.219. The van der Waals surface area contributed by atoms with E-state index in [1.165, 1.54) is 55.6 Å². The maximum Gasteiger partial charge on any atom is 0.119 e. The van der Waals surface area contributed by atoms with Crippen molar-refractivity contribution in [2.45, 2.75) is 49.9 Å². The first-order chi connectivity index (χ1) is 44.8. The Labute approximate surface area is 547 Å². The summed E-state index contributed by atoms with van der Waals surface area (Å²) in [6.07, 6.45) is -0.702. The van der Waals surface area contributed by atoms with Crippen molar-refractivity contribution in [3.63, 3.8) is 0 Å². The molecule has 11 heteroatoms. The fourth-order valence-corrected chi connectivity index (χ4v) is 14.1. The van der Waals surface area contributed by atoms with Crippen molar-refractivity contribution in [1.82, 2.24) is 0 Å². The first-order valence-corrected chi connectivity index (χ1v) is 33.3. The molecule has 91 heavy (non-hydrogen) atoms. The molecule has 2 heterocycles. The Balaban J connectivity index is 0.000000156. The number of fused-ring (bicyclic) bond motifs is 6. The van der Waals surface area contributed by atoms with Crippen LogP contribution in [0.4, 0.5) is 0 Å². The molecule has 0 aromatic heterocycles. The molecule has 0 bridgehead atoms. The molecule has 8 nitrogen and oxygen atoms in total. The maximum absolute atomic E-state index is 10.6. The van der Waals surface area contributed by atoms with Gasteiger partial charge < -0.3 is 38.6 Å². The van der Waals surface area contributed by atoms with Crippen LogP contribution in [0.25, 0.3) is 22.3 Å². The van der Waals surface area contributed by atoms with Gasteiger partial charge in [-0.3, -0.25) is 0 Å². The predicted molar refractivity (Wildman–Crippen MR) is 369 cm³/mol. The molecule has 11 aromatic carbocycles. The molecular weight excluding hydrogens is 1190 g/mol. The van der Waals surface area contributed by atoms with Gasteiger partial charge >= 0.3 is 0 Å². The predicted octanol–water partition coefficient (Wildman–Crippen LogP) is 16.7. The molecule has 2 saturated heterocycles. The van der Waals surface area contributed by atoms with E-state index >= 15 is 0 Å². The zero-order chi connectivity index (χ0) is 61.8. The number of thioether (sulfide) groups is 2. The third-order valence-electron chi connectivity index (χ3n) is 16.7. The molecule has 456 valence electrons. The highest BCUT2D eigenvalue weighted by Crippen LogP contribution is 2.58. The normalized spacial score (nSPS) is 16.1. The standard InChI is InChI=1S/C43H38O4S2.C31H26O4.C6H6S/c44-33(29-48-37-11-3-1-4-12-37)27-46-35-23-19-31(20-24-35)43(41-17-9-7-15-39(41)40-16-8-10-18-42(40)43)32-21-25-36(26-22-32)47-28-34(45)30-49-38-13-5-2-6-14-38;1-3-7-29-27(5-1)28-6-2-4-8-30(28)31(29,21-9-13-23(14-10-21)32-17-25-19-34-25)22-11-15-24(16-12-22)33-18-26-20-35-26;7-6-4-2-1-3-5-6/h1-26,33-34,44-45H,27-30H2;1-16,25-26H,17-20H2;1-5,7H. The lowest BCUT2D eigenvalue weighted by molar-refractivity contribution is 0.126. The first-order valence-electron chi connectivity index (χ1n) is 30.8. The largest absolute Gasteiger partial charge is 0.491 e. The van der Waals surface area contributed by atoms with Crippen molar-refractivity contribution in [1.29, 1.82) is 0 Å². The highest BCUT2D eigenvalue weighted by Gasteiger charge is 2.47. The van der Waals surface area contributed by atoms with Crippen LogP contribution in [0.15, 0.2) is 300 Å². The van der Waals surface area contributed by atoms with Gasteiger partial charge in [0.15, 0.2) is 0 Å². The van der Waals surface area contributed by atoms with Gasteiger partial charge in [0.1, 0.15) is 61.6 Å².